The van der Waals surface area contributed by atoms with Crippen LogP contribution in [0.1, 0.15) is 19.5 Å². The molecule has 3 aromatic rings. The second kappa shape index (κ2) is 10.7. The average molecular weight is 461 g/mol. The van der Waals surface area contributed by atoms with Crippen LogP contribution in [0.5, 0.6) is 0 Å². The molecule has 0 unspecified atom stereocenters. The molecular weight excluding hydrogens is 440 g/mol. The highest BCUT2D eigenvalue weighted by atomic mass is 32.2. The summed E-state index contributed by atoms with van der Waals surface area (Å²) >= 11 is 2.45. The number of aromatic nitrogens is 4. The summed E-state index contributed by atoms with van der Waals surface area (Å²) in [5.41, 5.74) is 1.95. The van der Waals surface area contributed by atoms with Crippen LogP contribution in [0.4, 0.5) is 10.8 Å². The lowest BCUT2D eigenvalue weighted by Gasteiger charge is -2.08. The number of nitrogens with one attached hydrogen (secondary N) is 2. The van der Waals surface area contributed by atoms with Crippen molar-refractivity contribution in [3.63, 3.8) is 0 Å². The summed E-state index contributed by atoms with van der Waals surface area (Å²) in [6, 6.07) is 7.22. The number of thioether (sulfide) groups is 1. The van der Waals surface area contributed by atoms with E-state index in [1.165, 1.54) is 36.3 Å². The van der Waals surface area contributed by atoms with Crippen LogP contribution in [-0.4, -0.2) is 49.9 Å². The molecule has 0 aliphatic heterocycles. The van der Waals surface area contributed by atoms with Gasteiger partial charge in [0.25, 0.3) is 0 Å². The second-order valence-corrected chi connectivity index (χ2v) is 7.98. The standard InChI is InChI=1S/C19H20N6O4S2/c1-3-29-17(28)8-14-9-30-18(22-14)23-16(27)10-31-19-24-20-11-25(19)15-6-4-5-13(7-15)21-12(2)26/h4-7,9,11H,3,8,10H2,1-2H3,(H,21,26)(H,22,23,27). The smallest absolute Gasteiger partial charge is 0.311 e. The Morgan fingerprint density at radius 3 is 2.87 bits per heavy atom. The van der Waals surface area contributed by atoms with Crippen molar-refractivity contribution in [2.45, 2.75) is 25.4 Å². The number of hydrogen-bond donors (Lipinski definition) is 2. The van der Waals surface area contributed by atoms with Gasteiger partial charge in [0.15, 0.2) is 10.3 Å². The summed E-state index contributed by atoms with van der Waals surface area (Å²) in [7, 11) is 0. The molecule has 0 atom stereocenters. The number of nitrogens with zero attached hydrogens (tertiary/aromatic N) is 4. The molecule has 0 radical (unpaired) electrons. The number of hydrogen-bond acceptors (Lipinski definition) is 9. The minimum Gasteiger partial charge on any atom is -0.466 e. The fraction of sp³-hybridized carbons (Fsp3) is 0.263. The molecule has 2 heterocycles. The number of benzene rings is 1. The van der Waals surface area contributed by atoms with Crippen LogP contribution >= 0.6 is 23.1 Å². The van der Waals surface area contributed by atoms with E-state index in [1.807, 2.05) is 6.07 Å². The number of rotatable bonds is 9. The van der Waals surface area contributed by atoms with Crippen molar-refractivity contribution in [1.29, 1.82) is 0 Å². The third-order valence-electron chi connectivity index (χ3n) is 3.72. The van der Waals surface area contributed by atoms with Gasteiger partial charge in [-0.1, -0.05) is 17.8 Å². The van der Waals surface area contributed by atoms with Gasteiger partial charge in [-0.2, -0.15) is 0 Å². The summed E-state index contributed by atoms with van der Waals surface area (Å²) in [5.74, 6) is -0.692. The predicted octanol–water partition coefficient (Wildman–Crippen LogP) is 2.52. The number of carbonyl (C=O) groups is 3. The van der Waals surface area contributed by atoms with Crippen molar-refractivity contribution in [3.05, 3.63) is 41.7 Å². The predicted molar refractivity (Wildman–Crippen MR) is 117 cm³/mol. The van der Waals surface area contributed by atoms with Crippen LogP contribution in [0.15, 0.2) is 41.1 Å². The lowest BCUT2D eigenvalue weighted by atomic mass is 10.2. The first-order chi connectivity index (χ1) is 14.9. The number of thiazole rings is 1. The Balaban J connectivity index is 1.57. The third-order valence-corrected chi connectivity index (χ3v) is 5.47. The maximum Gasteiger partial charge on any atom is 0.311 e. The van der Waals surface area contributed by atoms with Crippen molar-refractivity contribution in [2.24, 2.45) is 0 Å². The number of anilines is 2. The fourth-order valence-electron chi connectivity index (χ4n) is 2.53. The molecule has 0 aliphatic rings. The topological polar surface area (TPSA) is 128 Å². The summed E-state index contributed by atoms with van der Waals surface area (Å²) in [6.45, 7) is 3.49. The molecular formula is C19H20N6O4S2. The minimum atomic E-state index is -0.358. The summed E-state index contributed by atoms with van der Waals surface area (Å²) in [6.07, 6.45) is 1.60. The van der Waals surface area contributed by atoms with Gasteiger partial charge in [-0.05, 0) is 25.1 Å². The summed E-state index contributed by atoms with van der Waals surface area (Å²) in [4.78, 5) is 39.3. The zero-order valence-corrected chi connectivity index (χ0v) is 18.5. The molecule has 1 aromatic carbocycles. The first-order valence-corrected chi connectivity index (χ1v) is 11.1. The van der Waals surface area contributed by atoms with Crippen LogP contribution in [0, 0.1) is 0 Å². The van der Waals surface area contributed by atoms with Crippen molar-refractivity contribution >= 4 is 51.7 Å². The Hall–Kier alpha value is -3.25. The van der Waals surface area contributed by atoms with Gasteiger partial charge >= 0.3 is 5.97 Å². The number of carbonyl (C=O) groups excluding carboxylic acids is 3. The lowest BCUT2D eigenvalue weighted by molar-refractivity contribution is -0.142. The molecule has 2 aromatic heterocycles. The molecule has 0 saturated carbocycles. The first-order valence-electron chi connectivity index (χ1n) is 9.25. The van der Waals surface area contributed by atoms with E-state index >= 15 is 0 Å². The Labute approximate surface area is 186 Å². The van der Waals surface area contributed by atoms with Crippen molar-refractivity contribution in [3.8, 4) is 5.69 Å². The monoisotopic (exact) mass is 460 g/mol. The van der Waals surface area contributed by atoms with E-state index in [1.54, 1.807) is 35.1 Å². The molecule has 3 rings (SSSR count). The number of ether oxygens (including phenoxy) is 1. The van der Waals surface area contributed by atoms with Crippen LogP contribution in [-0.2, 0) is 25.5 Å². The van der Waals surface area contributed by atoms with Crippen LogP contribution in [0.25, 0.3) is 5.69 Å². The van der Waals surface area contributed by atoms with Crippen molar-refractivity contribution in [1.82, 2.24) is 19.7 Å². The van der Waals surface area contributed by atoms with Gasteiger partial charge in [0.05, 0.1) is 30.2 Å². The lowest BCUT2D eigenvalue weighted by Crippen LogP contribution is -2.14. The highest BCUT2D eigenvalue weighted by Gasteiger charge is 2.13. The average Bonchev–Trinajstić information content (AvgIpc) is 3.35. The first kappa shape index (κ1) is 22.4. The Bertz CT molecular complexity index is 1080. The normalized spacial score (nSPS) is 10.5. The van der Waals surface area contributed by atoms with Gasteiger partial charge in [0, 0.05) is 18.0 Å². The minimum absolute atomic E-state index is 0.0651. The molecule has 12 heteroatoms. The van der Waals surface area contributed by atoms with Crippen molar-refractivity contribution in [2.75, 3.05) is 23.0 Å². The summed E-state index contributed by atoms with van der Waals surface area (Å²) < 4.78 is 6.62. The second-order valence-electron chi connectivity index (χ2n) is 6.18. The van der Waals surface area contributed by atoms with Gasteiger partial charge < -0.3 is 15.4 Å². The van der Waals surface area contributed by atoms with Crippen LogP contribution in [0.3, 0.4) is 0 Å². The molecule has 0 aliphatic carbocycles. The quantitative estimate of drug-likeness (QED) is 0.368. The zero-order chi connectivity index (χ0) is 22.2. The van der Waals surface area contributed by atoms with Gasteiger partial charge in [-0.25, -0.2) is 4.98 Å². The molecule has 0 fully saturated rings. The Morgan fingerprint density at radius 1 is 1.26 bits per heavy atom. The van der Waals surface area contributed by atoms with E-state index in [0.717, 1.165) is 5.69 Å². The maximum atomic E-state index is 12.3. The van der Waals surface area contributed by atoms with E-state index in [-0.39, 0.29) is 30.0 Å². The Morgan fingerprint density at radius 2 is 2.10 bits per heavy atom. The largest absolute Gasteiger partial charge is 0.466 e. The van der Waals surface area contributed by atoms with Gasteiger partial charge in [-0.3, -0.25) is 19.0 Å². The molecule has 31 heavy (non-hydrogen) atoms. The van der Waals surface area contributed by atoms with E-state index in [4.69, 9.17) is 4.74 Å². The maximum absolute atomic E-state index is 12.3. The third kappa shape index (κ3) is 6.62. The molecule has 0 spiro atoms. The number of amides is 2. The molecule has 2 N–H and O–H groups in total. The van der Waals surface area contributed by atoms with Gasteiger partial charge in [0.1, 0.15) is 6.33 Å². The van der Waals surface area contributed by atoms with Gasteiger partial charge in [-0.15, -0.1) is 21.5 Å². The van der Waals surface area contributed by atoms with E-state index in [9.17, 15) is 14.4 Å². The van der Waals surface area contributed by atoms with Crippen molar-refractivity contribution < 1.29 is 19.1 Å². The number of esters is 1. The highest BCUT2D eigenvalue weighted by Crippen LogP contribution is 2.22. The molecule has 0 bridgehead atoms. The molecule has 2 amide bonds. The van der Waals surface area contributed by atoms with Gasteiger partial charge in [0.2, 0.25) is 11.8 Å². The highest BCUT2D eigenvalue weighted by molar-refractivity contribution is 7.99. The van der Waals surface area contributed by atoms with E-state index in [0.29, 0.717) is 28.3 Å². The van der Waals surface area contributed by atoms with E-state index in [2.05, 4.69) is 25.8 Å². The molecule has 10 nitrogen and oxygen atoms in total. The molecule has 162 valence electrons. The van der Waals surface area contributed by atoms with E-state index < -0.39 is 0 Å². The van der Waals surface area contributed by atoms with Crippen LogP contribution in [0.2, 0.25) is 0 Å². The zero-order valence-electron chi connectivity index (χ0n) is 16.8. The summed E-state index contributed by atoms with van der Waals surface area (Å²) in [5, 5.41) is 16.1. The molecule has 0 saturated heterocycles. The fourth-order valence-corrected chi connectivity index (χ4v) is 3.98. The Kier molecular flexibility index (Phi) is 7.73. The van der Waals surface area contributed by atoms with Crippen LogP contribution < -0.4 is 10.6 Å². The SMILES string of the molecule is CCOC(=O)Cc1csc(NC(=O)CSc2nncn2-c2cccc(NC(C)=O)c2)n1.